The summed E-state index contributed by atoms with van der Waals surface area (Å²) in [6.45, 7) is 7.40. The standard InChI is InChI=1S/C14H31NO5/c1-3-4-5-17-6-7-18-8-9-19-10-11-20-14(12-15)13-16-2/h14H,3-13,15H2,1-2H3. The lowest BCUT2D eigenvalue weighted by Gasteiger charge is -2.14. The van der Waals surface area contributed by atoms with Gasteiger partial charge in [-0.15, -0.1) is 0 Å². The van der Waals surface area contributed by atoms with Crippen LogP contribution in [0, 0.1) is 0 Å². The maximum Gasteiger partial charge on any atom is 0.0931 e. The highest BCUT2D eigenvalue weighted by atomic mass is 16.6. The van der Waals surface area contributed by atoms with E-state index in [1.807, 2.05) is 0 Å². The molecular weight excluding hydrogens is 262 g/mol. The van der Waals surface area contributed by atoms with Crippen molar-refractivity contribution in [2.45, 2.75) is 25.9 Å². The molecule has 0 aromatic heterocycles. The van der Waals surface area contributed by atoms with Gasteiger partial charge >= 0.3 is 0 Å². The maximum absolute atomic E-state index is 5.52. The topological polar surface area (TPSA) is 72.2 Å². The van der Waals surface area contributed by atoms with Crippen LogP contribution in [0.25, 0.3) is 0 Å². The van der Waals surface area contributed by atoms with Crippen LogP contribution < -0.4 is 5.73 Å². The Labute approximate surface area is 122 Å². The molecule has 0 saturated heterocycles. The van der Waals surface area contributed by atoms with Gasteiger partial charge in [0.1, 0.15) is 0 Å². The van der Waals surface area contributed by atoms with E-state index in [2.05, 4.69) is 6.92 Å². The summed E-state index contributed by atoms with van der Waals surface area (Å²) in [6, 6.07) is 0. The van der Waals surface area contributed by atoms with Gasteiger partial charge in [0, 0.05) is 20.3 Å². The molecule has 0 aromatic carbocycles. The van der Waals surface area contributed by atoms with Crippen molar-refractivity contribution in [3.05, 3.63) is 0 Å². The lowest BCUT2D eigenvalue weighted by atomic mass is 10.4. The first-order valence-electron chi connectivity index (χ1n) is 7.39. The monoisotopic (exact) mass is 293 g/mol. The van der Waals surface area contributed by atoms with Gasteiger partial charge in [-0.25, -0.2) is 0 Å². The molecule has 0 aromatic rings. The van der Waals surface area contributed by atoms with E-state index in [0.717, 1.165) is 19.4 Å². The van der Waals surface area contributed by atoms with E-state index >= 15 is 0 Å². The molecule has 2 N–H and O–H groups in total. The van der Waals surface area contributed by atoms with Crippen LogP contribution in [0.4, 0.5) is 0 Å². The summed E-state index contributed by atoms with van der Waals surface area (Å²) in [6.07, 6.45) is 2.21. The molecule has 0 spiro atoms. The predicted molar refractivity (Wildman–Crippen MR) is 78.0 cm³/mol. The molecule has 0 radical (unpaired) electrons. The van der Waals surface area contributed by atoms with Crippen LogP contribution in [0.2, 0.25) is 0 Å². The Bertz CT molecular complexity index is 183. The number of methoxy groups -OCH3 is 1. The lowest BCUT2D eigenvalue weighted by Crippen LogP contribution is -2.29. The molecule has 20 heavy (non-hydrogen) atoms. The molecular formula is C14H31NO5. The van der Waals surface area contributed by atoms with Gasteiger partial charge in [-0.2, -0.15) is 0 Å². The van der Waals surface area contributed by atoms with E-state index in [0.29, 0.717) is 52.8 Å². The van der Waals surface area contributed by atoms with Gasteiger partial charge in [-0.3, -0.25) is 0 Å². The zero-order chi connectivity index (χ0) is 14.9. The smallest absolute Gasteiger partial charge is 0.0931 e. The fourth-order valence-corrected chi connectivity index (χ4v) is 1.43. The Kier molecular flexibility index (Phi) is 16.6. The minimum Gasteiger partial charge on any atom is -0.382 e. The maximum atomic E-state index is 5.52. The number of nitrogens with two attached hydrogens (primary N) is 1. The SMILES string of the molecule is CCCCOCCOCCOCCOC(CN)COC. The van der Waals surface area contributed by atoms with Gasteiger partial charge in [-0.1, -0.05) is 13.3 Å². The number of ether oxygens (including phenoxy) is 5. The van der Waals surface area contributed by atoms with Gasteiger partial charge in [0.05, 0.1) is 52.4 Å². The van der Waals surface area contributed by atoms with Crippen LogP contribution in [0.5, 0.6) is 0 Å². The van der Waals surface area contributed by atoms with Crippen molar-refractivity contribution in [3.63, 3.8) is 0 Å². The van der Waals surface area contributed by atoms with E-state index in [4.69, 9.17) is 29.4 Å². The van der Waals surface area contributed by atoms with Crippen molar-refractivity contribution in [2.75, 3.05) is 66.5 Å². The number of rotatable bonds is 16. The minimum absolute atomic E-state index is 0.0554. The van der Waals surface area contributed by atoms with Crippen molar-refractivity contribution in [2.24, 2.45) is 5.73 Å². The summed E-state index contributed by atoms with van der Waals surface area (Å²) in [5, 5.41) is 0. The second-order valence-electron chi connectivity index (χ2n) is 4.37. The fourth-order valence-electron chi connectivity index (χ4n) is 1.43. The van der Waals surface area contributed by atoms with Crippen molar-refractivity contribution < 1.29 is 23.7 Å². The second-order valence-corrected chi connectivity index (χ2v) is 4.37. The van der Waals surface area contributed by atoms with Crippen molar-refractivity contribution in [1.29, 1.82) is 0 Å². The van der Waals surface area contributed by atoms with Crippen LogP contribution in [0.1, 0.15) is 19.8 Å². The van der Waals surface area contributed by atoms with Gasteiger partial charge in [0.15, 0.2) is 0 Å². The van der Waals surface area contributed by atoms with Crippen LogP contribution in [-0.2, 0) is 23.7 Å². The van der Waals surface area contributed by atoms with Crippen LogP contribution in [-0.4, -0.2) is 72.6 Å². The van der Waals surface area contributed by atoms with E-state index in [-0.39, 0.29) is 6.10 Å². The van der Waals surface area contributed by atoms with Crippen LogP contribution in [0.3, 0.4) is 0 Å². The molecule has 0 aliphatic heterocycles. The molecule has 0 bridgehead atoms. The quantitative estimate of drug-likeness (QED) is 0.425. The van der Waals surface area contributed by atoms with Crippen LogP contribution in [0.15, 0.2) is 0 Å². The van der Waals surface area contributed by atoms with Crippen molar-refractivity contribution >= 4 is 0 Å². The summed E-state index contributed by atoms with van der Waals surface area (Å²) in [5.41, 5.74) is 5.52. The highest BCUT2D eigenvalue weighted by Crippen LogP contribution is 1.91. The van der Waals surface area contributed by atoms with Gasteiger partial charge in [0.2, 0.25) is 0 Å². The summed E-state index contributed by atoms with van der Waals surface area (Å²) >= 11 is 0. The molecule has 0 aliphatic carbocycles. The molecule has 1 unspecified atom stereocenters. The number of unbranched alkanes of at least 4 members (excludes halogenated alkanes) is 1. The van der Waals surface area contributed by atoms with Gasteiger partial charge in [-0.05, 0) is 6.42 Å². The zero-order valence-electron chi connectivity index (χ0n) is 13.0. The van der Waals surface area contributed by atoms with E-state index in [1.54, 1.807) is 7.11 Å². The summed E-state index contributed by atoms with van der Waals surface area (Å²) in [7, 11) is 1.63. The van der Waals surface area contributed by atoms with Gasteiger partial charge in [0.25, 0.3) is 0 Å². The third-order valence-corrected chi connectivity index (χ3v) is 2.58. The van der Waals surface area contributed by atoms with E-state index in [1.165, 1.54) is 0 Å². The Morgan fingerprint density at radius 3 is 1.90 bits per heavy atom. The molecule has 0 rings (SSSR count). The molecule has 0 aliphatic rings. The van der Waals surface area contributed by atoms with Crippen LogP contribution >= 0.6 is 0 Å². The molecule has 0 saturated carbocycles. The number of hydrogen-bond acceptors (Lipinski definition) is 6. The third kappa shape index (κ3) is 14.2. The van der Waals surface area contributed by atoms with E-state index in [9.17, 15) is 0 Å². The molecule has 6 nitrogen and oxygen atoms in total. The fraction of sp³-hybridized carbons (Fsp3) is 1.00. The Hall–Kier alpha value is -0.240. The normalized spacial score (nSPS) is 12.8. The highest BCUT2D eigenvalue weighted by molar-refractivity contribution is 4.55. The molecule has 0 fully saturated rings. The Balaban J connectivity index is 3.09. The lowest BCUT2D eigenvalue weighted by molar-refractivity contribution is -0.0353. The van der Waals surface area contributed by atoms with E-state index < -0.39 is 0 Å². The first-order chi connectivity index (χ1) is 9.85. The largest absolute Gasteiger partial charge is 0.382 e. The van der Waals surface area contributed by atoms with Gasteiger partial charge < -0.3 is 29.4 Å². The average molecular weight is 293 g/mol. The second kappa shape index (κ2) is 16.8. The molecule has 0 heterocycles. The molecule has 0 amide bonds. The first-order valence-corrected chi connectivity index (χ1v) is 7.39. The zero-order valence-corrected chi connectivity index (χ0v) is 13.0. The Morgan fingerprint density at radius 2 is 1.40 bits per heavy atom. The minimum atomic E-state index is -0.0554. The molecule has 122 valence electrons. The summed E-state index contributed by atoms with van der Waals surface area (Å²) in [4.78, 5) is 0. The Morgan fingerprint density at radius 1 is 0.850 bits per heavy atom. The van der Waals surface area contributed by atoms with Crippen molar-refractivity contribution in [1.82, 2.24) is 0 Å². The van der Waals surface area contributed by atoms with Crippen molar-refractivity contribution in [3.8, 4) is 0 Å². The highest BCUT2D eigenvalue weighted by Gasteiger charge is 2.05. The third-order valence-electron chi connectivity index (χ3n) is 2.58. The number of hydrogen-bond donors (Lipinski definition) is 1. The summed E-state index contributed by atoms with van der Waals surface area (Å²) < 4.78 is 26.6. The first kappa shape index (κ1) is 19.8. The summed E-state index contributed by atoms with van der Waals surface area (Å²) in [5.74, 6) is 0. The molecule has 1 atom stereocenters. The molecule has 6 heteroatoms. The predicted octanol–water partition coefficient (Wildman–Crippen LogP) is 0.827. The average Bonchev–Trinajstić information content (AvgIpc) is 2.47.